The highest BCUT2D eigenvalue weighted by molar-refractivity contribution is 7.88. The lowest BCUT2D eigenvalue weighted by Crippen LogP contribution is -2.36. The van der Waals surface area contributed by atoms with E-state index in [1.165, 1.54) is 37.4 Å². The fourth-order valence-electron chi connectivity index (χ4n) is 3.20. The van der Waals surface area contributed by atoms with Crippen LogP contribution in [0.3, 0.4) is 0 Å². The number of carbonyl (C=O) groups excluding carboxylic acids is 2. The molecule has 4 rings (SSSR count). The van der Waals surface area contributed by atoms with Crippen molar-refractivity contribution < 1.29 is 27.3 Å². The van der Waals surface area contributed by atoms with Crippen LogP contribution in [0.1, 0.15) is 30.1 Å². The van der Waals surface area contributed by atoms with E-state index in [0.29, 0.717) is 17.1 Å². The van der Waals surface area contributed by atoms with E-state index in [4.69, 9.17) is 9.26 Å². The second kappa shape index (κ2) is 9.89. The third-order valence-electron chi connectivity index (χ3n) is 4.88. The zero-order valence-electron chi connectivity index (χ0n) is 18.8. The molecule has 2 aromatic carbocycles. The molecule has 180 valence electrons. The van der Waals surface area contributed by atoms with E-state index in [1.54, 1.807) is 6.92 Å². The van der Waals surface area contributed by atoms with E-state index >= 15 is 0 Å². The van der Waals surface area contributed by atoms with Crippen LogP contribution in [0.5, 0.6) is 0 Å². The smallest absolute Gasteiger partial charge is 0.344 e. The van der Waals surface area contributed by atoms with Crippen molar-refractivity contribution in [1.29, 1.82) is 0 Å². The molecule has 35 heavy (non-hydrogen) atoms. The van der Waals surface area contributed by atoms with Crippen molar-refractivity contribution in [2.24, 2.45) is 4.40 Å². The van der Waals surface area contributed by atoms with Crippen LogP contribution >= 0.6 is 0 Å². The Kier molecular flexibility index (Phi) is 6.73. The van der Waals surface area contributed by atoms with Gasteiger partial charge in [-0.1, -0.05) is 35.5 Å². The van der Waals surface area contributed by atoms with Crippen molar-refractivity contribution in [2.75, 3.05) is 18.5 Å². The molecule has 0 atom stereocenters. The summed E-state index contributed by atoms with van der Waals surface area (Å²) in [5.74, 6) is -0.691. The van der Waals surface area contributed by atoms with E-state index in [-0.39, 0.29) is 23.8 Å². The Bertz CT molecular complexity index is 1410. The Morgan fingerprint density at radius 3 is 2.49 bits per heavy atom. The van der Waals surface area contributed by atoms with Gasteiger partial charge in [-0.25, -0.2) is 9.10 Å². The van der Waals surface area contributed by atoms with Crippen LogP contribution in [0.2, 0.25) is 0 Å². The predicted octanol–water partition coefficient (Wildman–Crippen LogP) is 2.91. The Labute approximate surface area is 201 Å². The second-order valence-corrected chi connectivity index (χ2v) is 8.92. The van der Waals surface area contributed by atoms with Gasteiger partial charge in [0.2, 0.25) is 11.7 Å². The minimum atomic E-state index is -4.14. The molecule has 3 aromatic rings. The standard InChI is InChI=1S/C23H21N5O6S/c1-3-33-23(30)17-9-11-18(12-10-17)24-20(29)14-28-13-19(15(2)27-35(28,31)32)22-25-21(26-34-22)16-7-5-4-6-8-16/h4-13H,3,14H2,1-2H3,(H,24,29). The van der Waals surface area contributed by atoms with Crippen molar-refractivity contribution in [2.45, 2.75) is 13.8 Å². The molecule has 0 saturated carbocycles. The zero-order valence-corrected chi connectivity index (χ0v) is 19.7. The first-order valence-corrected chi connectivity index (χ1v) is 11.9. The van der Waals surface area contributed by atoms with Gasteiger partial charge in [-0.2, -0.15) is 13.4 Å². The lowest BCUT2D eigenvalue weighted by molar-refractivity contribution is -0.116. The second-order valence-electron chi connectivity index (χ2n) is 7.38. The van der Waals surface area contributed by atoms with E-state index in [9.17, 15) is 18.0 Å². The largest absolute Gasteiger partial charge is 0.462 e. The molecule has 1 amide bonds. The molecule has 0 aliphatic carbocycles. The van der Waals surface area contributed by atoms with Crippen LogP contribution in [0.25, 0.3) is 17.0 Å². The van der Waals surface area contributed by atoms with E-state index in [0.717, 1.165) is 9.87 Å². The maximum Gasteiger partial charge on any atom is 0.344 e. The zero-order chi connectivity index (χ0) is 25.0. The van der Waals surface area contributed by atoms with Crippen molar-refractivity contribution >= 4 is 39.1 Å². The van der Waals surface area contributed by atoms with E-state index in [2.05, 4.69) is 19.9 Å². The molecule has 11 nitrogen and oxygen atoms in total. The Hall–Kier alpha value is -4.32. The molecule has 0 bridgehead atoms. The van der Waals surface area contributed by atoms with Gasteiger partial charge in [0, 0.05) is 17.5 Å². The Morgan fingerprint density at radius 1 is 1.09 bits per heavy atom. The SMILES string of the molecule is CCOC(=O)c1ccc(NC(=O)CN2C=C(c3nc(-c4ccccc4)no3)C(C)=NS2(=O)=O)cc1. The van der Waals surface area contributed by atoms with Crippen molar-refractivity contribution in [3.63, 3.8) is 0 Å². The summed E-state index contributed by atoms with van der Waals surface area (Å²) in [7, 11) is -4.14. The molecule has 0 radical (unpaired) electrons. The number of hydrogen-bond donors (Lipinski definition) is 1. The van der Waals surface area contributed by atoms with Gasteiger partial charge < -0.3 is 14.6 Å². The van der Waals surface area contributed by atoms with E-state index in [1.807, 2.05) is 30.3 Å². The Balaban J connectivity index is 1.50. The third-order valence-corrected chi connectivity index (χ3v) is 6.21. The molecule has 2 heterocycles. The summed E-state index contributed by atoms with van der Waals surface area (Å²) in [6, 6.07) is 15.2. The number of benzene rings is 2. The monoisotopic (exact) mass is 495 g/mol. The molecule has 1 aliphatic rings. The average Bonchev–Trinajstić information content (AvgIpc) is 3.32. The summed E-state index contributed by atoms with van der Waals surface area (Å²) in [4.78, 5) is 28.6. The summed E-state index contributed by atoms with van der Waals surface area (Å²) in [6.45, 7) is 2.91. The molecular weight excluding hydrogens is 474 g/mol. The fraction of sp³-hybridized carbons (Fsp3) is 0.174. The maximum atomic E-state index is 12.6. The normalized spacial score (nSPS) is 14.6. The summed E-state index contributed by atoms with van der Waals surface area (Å²) < 4.78 is 39.9. The molecule has 1 aliphatic heterocycles. The number of carbonyl (C=O) groups is 2. The number of nitrogens with zero attached hydrogens (tertiary/aromatic N) is 4. The number of nitrogens with one attached hydrogen (secondary N) is 1. The molecule has 0 fully saturated rings. The van der Waals surface area contributed by atoms with Crippen LogP contribution in [-0.2, 0) is 19.7 Å². The summed E-state index contributed by atoms with van der Waals surface area (Å²) in [6.07, 6.45) is 1.24. The number of amides is 1. The number of rotatable bonds is 7. The Morgan fingerprint density at radius 2 is 1.80 bits per heavy atom. The van der Waals surface area contributed by atoms with Gasteiger partial charge in [0.05, 0.1) is 23.5 Å². The van der Waals surface area contributed by atoms with Gasteiger partial charge in [0.15, 0.2) is 0 Å². The molecule has 1 N–H and O–H groups in total. The quantitative estimate of drug-likeness (QED) is 0.493. The number of ether oxygens (including phenoxy) is 1. The highest BCUT2D eigenvalue weighted by Gasteiger charge is 2.30. The van der Waals surface area contributed by atoms with Gasteiger partial charge in [0.25, 0.3) is 5.89 Å². The van der Waals surface area contributed by atoms with Gasteiger partial charge >= 0.3 is 16.2 Å². The lowest BCUT2D eigenvalue weighted by Gasteiger charge is -2.22. The summed E-state index contributed by atoms with van der Waals surface area (Å²) in [5, 5.41) is 6.53. The molecule has 1 aromatic heterocycles. The molecule has 0 spiro atoms. The van der Waals surface area contributed by atoms with Crippen LogP contribution in [0.15, 0.2) is 69.7 Å². The molecule has 0 saturated heterocycles. The number of hydrogen-bond acceptors (Lipinski definition) is 8. The first-order chi connectivity index (χ1) is 16.8. The van der Waals surface area contributed by atoms with Crippen LogP contribution in [0, 0.1) is 0 Å². The summed E-state index contributed by atoms with van der Waals surface area (Å²) in [5.41, 5.74) is 1.87. The topological polar surface area (TPSA) is 144 Å². The predicted molar refractivity (Wildman–Crippen MR) is 127 cm³/mol. The van der Waals surface area contributed by atoms with Crippen LogP contribution in [0.4, 0.5) is 5.69 Å². The van der Waals surface area contributed by atoms with Gasteiger partial charge in [-0.05, 0) is 38.1 Å². The number of aromatic nitrogens is 2. The number of esters is 1. The van der Waals surface area contributed by atoms with Crippen LogP contribution in [-0.4, -0.2) is 53.6 Å². The average molecular weight is 496 g/mol. The van der Waals surface area contributed by atoms with Gasteiger partial charge in [-0.15, -0.1) is 4.40 Å². The third kappa shape index (κ3) is 5.44. The summed E-state index contributed by atoms with van der Waals surface area (Å²) >= 11 is 0. The van der Waals surface area contributed by atoms with Gasteiger partial charge in [-0.3, -0.25) is 4.79 Å². The molecular formula is C23H21N5O6S. The van der Waals surface area contributed by atoms with Gasteiger partial charge in [0.1, 0.15) is 6.54 Å². The first kappa shape index (κ1) is 23.8. The lowest BCUT2D eigenvalue weighted by atomic mass is 10.2. The minimum Gasteiger partial charge on any atom is -0.462 e. The maximum absolute atomic E-state index is 12.6. The van der Waals surface area contributed by atoms with Crippen molar-refractivity contribution in [3.8, 4) is 11.4 Å². The highest BCUT2D eigenvalue weighted by atomic mass is 32.2. The number of allylic oxidation sites excluding steroid dienone is 1. The van der Waals surface area contributed by atoms with Crippen LogP contribution < -0.4 is 5.32 Å². The van der Waals surface area contributed by atoms with E-state index < -0.39 is 28.6 Å². The number of anilines is 1. The van der Waals surface area contributed by atoms with Crippen molar-refractivity contribution in [3.05, 3.63) is 72.3 Å². The first-order valence-electron chi connectivity index (χ1n) is 10.5. The highest BCUT2D eigenvalue weighted by Crippen LogP contribution is 2.25. The minimum absolute atomic E-state index is 0.0694. The molecule has 12 heteroatoms. The molecule has 0 unspecified atom stereocenters. The fourth-order valence-corrected chi connectivity index (χ4v) is 4.27. The van der Waals surface area contributed by atoms with Crippen molar-refractivity contribution in [1.82, 2.24) is 14.4 Å².